The van der Waals surface area contributed by atoms with Crippen LogP contribution in [0.15, 0.2) is 54.6 Å². The maximum atomic E-state index is 12.4. The van der Waals surface area contributed by atoms with E-state index in [1.165, 1.54) is 5.56 Å². The van der Waals surface area contributed by atoms with Crippen LogP contribution in [0.2, 0.25) is 0 Å². The average Bonchev–Trinajstić information content (AvgIpc) is 2.94. The lowest BCUT2D eigenvalue weighted by Gasteiger charge is -2.22. The summed E-state index contributed by atoms with van der Waals surface area (Å²) in [4.78, 5) is 17.1. The molecule has 0 spiro atoms. The number of hydrogen-bond donors (Lipinski definition) is 1. The van der Waals surface area contributed by atoms with E-state index in [0.29, 0.717) is 12.1 Å². The van der Waals surface area contributed by atoms with Crippen LogP contribution in [0.1, 0.15) is 36.1 Å². The molecule has 2 aromatic rings. The Hall–Kier alpha value is -2.68. The molecule has 1 saturated heterocycles. The molecule has 1 amide bonds. The molecule has 28 heavy (non-hydrogen) atoms. The van der Waals surface area contributed by atoms with Gasteiger partial charge < -0.3 is 5.32 Å². The van der Waals surface area contributed by atoms with Gasteiger partial charge in [0.2, 0.25) is 5.91 Å². The Labute approximate surface area is 167 Å². The zero-order valence-electron chi connectivity index (χ0n) is 16.5. The van der Waals surface area contributed by atoms with Gasteiger partial charge in [0.1, 0.15) is 0 Å². The van der Waals surface area contributed by atoms with E-state index in [1.807, 2.05) is 61.5 Å². The van der Waals surface area contributed by atoms with E-state index in [0.717, 1.165) is 44.7 Å². The molecule has 1 fully saturated rings. The summed E-state index contributed by atoms with van der Waals surface area (Å²) in [7, 11) is 0. The van der Waals surface area contributed by atoms with Crippen LogP contribution in [0.25, 0.3) is 0 Å². The molecule has 1 aliphatic rings. The highest BCUT2D eigenvalue weighted by Crippen LogP contribution is 2.12. The Morgan fingerprint density at radius 1 is 1.04 bits per heavy atom. The van der Waals surface area contributed by atoms with Crippen molar-refractivity contribution in [1.29, 1.82) is 5.26 Å². The maximum absolute atomic E-state index is 12.4. The van der Waals surface area contributed by atoms with Gasteiger partial charge in [0.25, 0.3) is 0 Å². The van der Waals surface area contributed by atoms with E-state index < -0.39 is 0 Å². The van der Waals surface area contributed by atoms with Gasteiger partial charge in [-0.25, -0.2) is 0 Å². The number of carbonyl (C=O) groups excluding carboxylic acids is 1. The SMILES string of the molecule is CC(NC(=O)CN1CCCN(Cc2ccc(C#N)cc2)CC1)c1ccccc1. The van der Waals surface area contributed by atoms with Crippen LogP contribution in [0.5, 0.6) is 0 Å². The summed E-state index contributed by atoms with van der Waals surface area (Å²) in [6, 6.07) is 20.0. The average molecular weight is 377 g/mol. The monoisotopic (exact) mass is 376 g/mol. The number of rotatable bonds is 6. The van der Waals surface area contributed by atoms with Gasteiger partial charge in [-0.1, -0.05) is 42.5 Å². The zero-order chi connectivity index (χ0) is 19.8. The van der Waals surface area contributed by atoms with Crippen molar-refractivity contribution in [3.8, 4) is 6.07 Å². The van der Waals surface area contributed by atoms with Crippen LogP contribution in [-0.4, -0.2) is 48.4 Å². The van der Waals surface area contributed by atoms with E-state index >= 15 is 0 Å². The Kier molecular flexibility index (Phi) is 7.18. The molecule has 5 nitrogen and oxygen atoms in total. The third-order valence-corrected chi connectivity index (χ3v) is 5.21. The van der Waals surface area contributed by atoms with Crippen molar-refractivity contribution >= 4 is 5.91 Å². The number of nitrogens with zero attached hydrogens (tertiary/aromatic N) is 3. The lowest BCUT2D eigenvalue weighted by atomic mass is 10.1. The Bertz CT molecular complexity index is 798. The normalized spacial score (nSPS) is 16.7. The summed E-state index contributed by atoms with van der Waals surface area (Å²) >= 11 is 0. The number of nitriles is 1. The first kappa shape index (κ1) is 20.1. The van der Waals surface area contributed by atoms with Crippen LogP contribution in [-0.2, 0) is 11.3 Å². The molecule has 1 heterocycles. The standard InChI is InChI=1S/C23H28N4O/c1-19(22-6-3-2-4-7-22)25-23(28)18-27-13-5-12-26(14-15-27)17-21-10-8-20(16-24)9-11-21/h2-4,6-11,19H,5,12-15,17-18H2,1H3,(H,25,28). The first-order valence-corrected chi connectivity index (χ1v) is 9.92. The van der Waals surface area contributed by atoms with Gasteiger partial charge in [0.15, 0.2) is 0 Å². The van der Waals surface area contributed by atoms with Gasteiger partial charge in [0, 0.05) is 19.6 Å². The highest BCUT2D eigenvalue weighted by molar-refractivity contribution is 5.78. The summed E-state index contributed by atoms with van der Waals surface area (Å²) in [6.07, 6.45) is 1.05. The molecular formula is C23H28N4O. The molecule has 0 aliphatic carbocycles. The minimum absolute atomic E-state index is 0.0218. The molecule has 3 rings (SSSR count). The second-order valence-corrected chi connectivity index (χ2v) is 7.41. The predicted octanol–water partition coefficient (Wildman–Crippen LogP) is 2.94. The van der Waals surface area contributed by atoms with Crippen molar-refractivity contribution in [3.63, 3.8) is 0 Å². The summed E-state index contributed by atoms with van der Waals surface area (Å²) in [5.41, 5.74) is 3.05. The van der Waals surface area contributed by atoms with Crippen molar-refractivity contribution in [2.24, 2.45) is 0 Å². The summed E-state index contributed by atoms with van der Waals surface area (Å²) in [6.45, 7) is 7.16. The molecular weight excluding hydrogens is 348 g/mol. The molecule has 0 radical (unpaired) electrons. The second kappa shape index (κ2) is 10.0. The minimum Gasteiger partial charge on any atom is -0.348 e. The van der Waals surface area contributed by atoms with E-state index in [2.05, 4.69) is 21.2 Å². The van der Waals surface area contributed by atoms with E-state index in [4.69, 9.17) is 5.26 Å². The van der Waals surface area contributed by atoms with Gasteiger partial charge in [-0.2, -0.15) is 5.26 Å². The van der Waals surface area contributed by atoms with Crippen molar-refractivity contribution in [2.75, 3.05) is 32.7 Å². The molecule has 1 N–H and O–H groups in total. The molecule has 1 aliphatic heterocycles. The van der Waals surface area contributed by atoms with E-state index in [1.54, 1.807) is 0 Å². The van der Waals surface area contributed by atoms with Crippen molar-refractivity contribution in [3.05, 3.63) is 71.3 Å². The van der Waals surface area contributed by atoms with Crippen LogP contribution >= 0.6 is 0 Å². The Morgan fingerprint density at radius 2 is 1.71 bits per heavy atom. The lowest BCUT2D eigenvalue weighted by Crippen LogP contribution is -2.40. The second-order valence-electron chi connectivity index (χ2n) is 7.41. The van der Waals surface area contributed by atoms with Crippen molar-refractivity contribution in [2.45, 2.75) is 25.9 Å². The first-order valence-electron chi connectivity index (χ1n) is 9.92. The minimum atomic E-state index is 0.0218. The molecule has 1 unspecified atom stereocenters. The molecule has 5 heteroatoms. The molecule has 0 aromatic heterocycles. The zero-order valence-corrected chi connectivity index (χ0v) is 16.5. The predicted molar refractivity (Wildman–Crippen MR) is 110 cm³/mol. The number of carbonyl (C=O) groups is 1. The van der Waals surface area contributed by atoms with Crippen molar-refractivity contribution in [1.82, 2.24) is 15.1 Å². The third kappa shape index (κ3) is 5.91. The quantitative estimate of drug-likeness (QED) is 0.842. The van der Waals surface area contributed by atoms with Crippen LogP contribution in [0.4, 0.5) is 0 Å². The first-order chi connectivity index (χ1) is 13.6. The van der Waals surface area contributed by atoms with Gasteiger partial charge in [-0.05, 0) is 49.7 Å². The van der Waals surface area contributed by atoms with Crippen molar-refractivity contribution < 1.29 is 4.79 Å². The number of nitrogens with one attached hydrogen (secondary N) is 1. The van der Waals surface area contributed by atoms with E-state index in [-0.39, 0.29) is 11.9 Å². The lowest BCUT2D eigenvalue weighted by molar-refractivity contribution is -0.122. The van der Waals surface area contributed by atoms with Crippen LogP contribution in [0.3, 0.4) is 0 Å². The molecule has 2 aromatic carbocycles. The number of hydrogen-bond acceptors (Lipinski definition) is 4. The van der Waals surface area contributed by atoms with E-state index in [9.17, 15) is 4.79 Å². The number of benzene rings is 2. The fourth-order valence-corrected chi connectivity index (χ4v) is 3.60. The fourth-order valence-electron chi connectivity index (χ4n) is 3.60. The highest BCUT2D eigenvalue weighted by atomic mass is 16.2. The fraction of sp³-hybridized carbons (Fsp3) is 0.391. The Balaban J connectivity index is 1.45. The largest absolute Gasteiger partial charge is 0.348 e. The molecule has 1 atom stereocenters. The molecule has 0 bridgehead atoms. The third-order valence-electron chi connectivity index (χ3n) is 5.21. The summed E-state index contributed by atoms with van der Waals surface area (Å²) < 4.78 is 0. The summed E-state index contributed by atoms with van der Waals surface area (Å²) in [5, 5.41) is 12.0. The van der Waals surface area contributed by atoms with Gasteiger partial charge in [-0.3, -0.25) is 14.6 Å². The smallest absolute Gasteiger partial charge is 0.234 e. The number of amides is 1. The van der Waals surface area contributed by atoms with Gasteiger partial charge in [0.05, 0.1) is 24.2 Å². The topological polar surface area (TPSA) is 59.4 Å². The molecule has 0 saturated carbocycles. The van der Waals surface area contributed by atoms with Gasteiger partial charge >= 0.3 is 0 Å². The summed E-state index contributed by atoms with van der Waals surface area (Å²) in [5.74, 6) is 0.0805. The van der Waals surface area contributed by atoms with Gasteiger partial charge in [-0.15, -0.1) is 0 Å². The highest BCUT2D eigenvalue weighted by Gasteiger charge is 2.18. The molecule has 146 valence electrons. The Morgan fingerprint density at radius 3 is 2.43 bits per heavy atom. The maximum Gasteiger partial charge on any atom is 0.234 e. The van der Waals surface area contributed by atoms with Crippen LogP contribution in [0, 0.1) is 11.3 Å². The van der Waals surface area contributed by atoms with Crippen LogP contribution < -0.4 is 5.32 Å².